The van der Waals surface area contributed by atoms with Crippen molar-refractivity contribution in [2.45, 2.75) is 57.8 Å². The summed E-state index contributed by atoms with van der Waals surface area (Å²) in [5.74, 6) is -0.543. The van der Waals surface area contributed by atoms with Gasteiger partial charge in [-0.15, -0.1) is 0 Å². The van der Waals surface area contributed by atoms with E-state index in [1.165, 1.54) is 7.05 Å². The number of likely N-dealkylation sites (N-methyl/N-ethyl adjacent to an activating group) is 1. The molecule has 0 aliphatic heterocycles. The first kappa shape index (κ1) is 18.7. The number of amides is 2. The van der Waals surface area contributed by atoms with Crippen molar-refractivity contribution in [3.05, 3.63) is 0 Å². The van der Waals surface area contributed by atoms with E-state index in [0.717, 1.165) is 6.42 Å². The van der Waals surface area contributed by atoms with E-state index >= 15 is 0 Å². The van der Waals surface area contributed by atoms with Crippen LogP contribution in [0, 0.1) is 0 Å². The largest absolute Gasteiger partial charge is 0.444 e. The van der Waals surface area contributed by atoms with Crippen LogP contribution < -0.4 is 16.4 Å². The van der Waals surface area contributed by atoms with Gasteiger partial charge in [0.2, 0.25) is 0 Å². The number of carbonyl (C=O) groups excluding carboxylic acids is 2. The highest BCUT2D eigenvalue weighted by Crippen LogP contribution is 2.10. The van der Waals surface area contributed by atoms with Crippen molar-refractivity contribution in [2.24, 2.45) is 5.73 Å². The average molecular weight is 289 g/mol. The highest BCUT2D eigenvalue weighted by Gasteiger charge is 2.28. The van der Waals surface area contributed by atoms with E-state index in [9.17, 15) is 14.7 Å². The van der Waals surface area contributed by atoms with Crippen molar-refractivity contribution >= 4 is 12.0 Å². The molecule has 0 radical (unpaired) electrons. The van der Waals surface area contributed by atoms with Gasteiger partial charge in [0.1, 0.15) is 5.60 Å². The number of unbranched alkanes of at least 4 members (excludes halogenated alkanes) is 1. The van der Waals surface area contributed by atoms with Crippen LogP contribution in [0.25, 0.3) is 0 Å². The topological polar surface area (TPSA) is 114 Å². The lowest BCUT2D eigenvalue weighted by Gasteiger charge is -2.26. The maximum atomic E-state index is 11.7. The molecule has 0 aliphatic carbocycles. The predicted molar refractivity (Wildman–Crippen MR) is 76.1 cm³/mol. The molecular formula is C13H27N3O4. The summed E-state index contributed by atoms with van der Waals surface area (Å²) >= 11 is 0. The Morgan fingerprint density at radius 3 is 2.35 bits per heavy atom. The molecule has 20 heavy (non-hydrogen) atoms. The van der Waals surface area contributed by atoms with E-state index in [1.54, 1.807) is 20.8 Å². The fourth-order valence-corrected chi connectivity index (χ4v) is 1.61. The molecule has 0 saturated heterocycles. The molecule has 0 heterocycles. The number of ether oxygens (including phenoxy) is 1. The summed E-state index contributed by atoms with van der Waals surface area (Å²) in [5, 5.41) is 14.8. The molecular weight excluding hydrogens is 262 g/mol. The Bertz CT molecular complexity index is 315. The number of aliphatic hydroxyl groups excluding tert-OH is 1. The number of alkyl carbamates (subject to hydrolysis) is 1. The third kappa shape index (κ3) is 7.96. The molecule has 0 fully saturated rings. The fraction of sp³-hybridized carbons (Fsp3) is 0.846. The molecule has 7 heteroatoms. The molecule has 5 N–H and O–H groups in total. The fourth-order valence-electron chi connectivity index (χ4n) is 1.61. The van der Waals surface area contributed by atoms with E-state index in [2.05, 4.69) is 10.6 Å². The van der Waals surface area contributed by atoms with Gasteiger partial charge < -0.3 is 26.2 Å². The van der Waals surface area contributed by atoms with Crippen LogP contribution in [0.1, 0.15) is 40.0 Å². The maximum absolute atomic E-state index is 11.7. The molecule has 1 unspecified atom stereocenters. The van der Waals surface area contributed by atoms with Gasteiger partial charge in [0.15, 0.2) is 6.10 Å². The third-order valence-corrected chi connectivity index (χ3v) is 2.57. The highest BCUT2D eigenvalue weighted by atomic mass is 16.6. The summed E-state index contributed by atoms with van der Waals surface area (Å²) in [4.78, 5) is 23.2. The highest BCUT2D eigenvalue weighted by molar-refractivity contribution is 5.81. The quantitative estimate of drug-likeness (QED) is 0.497. The molecule has 0 rings (SSSR count). The summed E-state index contributed by atoms with van der Waals surface area (Å²) in [6.45, 7) is 5.75. The van der Waals surface area contributed by atoms with E-state index in [0.29, 0.717) is 19.4 Å². The number of carbonyl (C=O) groups is 2. The van der Waals surface area contributed by atoms with Gasteiger partial charge in [0, 0.05) is 7.05 Å². The molecule has 7 nitrogen and oxygen atoms in total. The van der Waals surface area contributed by atoms with E-state index in [-0.39, 0.29) is 0 Å². The second-order valence-electron chi connectivity index (χ2n) is 5.60. The Labute approximate surface area is 120 Å². The molecule has 0 aromatic heterocycles. The van der Waals surface area contributed by atoms with Gasteiger partial charge in [-0.2, -0.15) is 0 Å². The van der Waals surface area contributed by atoms with Crippen LogP contribution in [0.4, 0.5) is 4.79 Å². The van der Waals surface area contributed by atoms with E-state index in [1.807, 2.05) is 0 Å². The van der Waals surface area contributed by atoms with E-state index < -0.39 is 29.7 Å². The first-order chi connectivity index (χ1) is 9.21. The minimum absolute atomic E-state index is 0.449. The van der Waals surface area contributed by atoms with Crippen LogP contribution in [0.2, 0.25) is 0 Å². The number of nitrogens with one attached hydrogen (secondary N) is 2. The maximum Gasteiger partial charge on any atom is 0.407 e. The van der Waals surface area contributed by atoms with Gasteiger partial charge in [0.05, 0.1) is 6.04 Å². The number of nitrogens with two attached hydrogens (primary N) is 1. The van der Waals surface area contributed by atoms with Crippen molar-refractivity contribution in [3.63, 3.8) is 0 Å². The molecule has 0 spiro atoms. The van der Waals surface area contributed by atoms with Gasteiger partial charge in [-0.1, -0.05) is 6.42 Å². The first-order valence-corrected chi connectivity index (χ1v) is 6.80. The lowest BCUT2D eigenvalue weighted by atomic mass is 10.0. The zero-order valence-electron chi connectivity index (χ0n) is 12.7. The van der Waals surface area contributed by atoms with Crippen LogP contribution in [-0.2, 0) is 9.53 Å². The minimum Gasteiger partial charge on any atom is -0.444 e. The van der Waals surface area contributed by atoms with Gasteiger partial charge >= 0.3 is 6.09 Å². The molecule has 0 aliphatic rings. The molecule has 118 valence electrons. The summed E-state index contributed by atoms with van der Waals surface area (Å²) in [5.41, 5.74) is 4.77. The average Bonchev–Trinajstić information content (AvgIpc) is 2.33. The molecule has 0 bridgehead atoms. The van der Waals surface area contributed by atoms with Gasteiger partial charge in [-0.05, 0) is 40.2 Å². The van der Waals surface area contributed by atoms with Crippen LogP contribution in [0.15, 0.2) is 0 Å². The molecule has 0 aromatic rings. The van der Waals surface area contributed by atoms with Crippen LogP contribution in [-0.4, -0.2) is 48.4 Å². The summed E-state index contributed by atoms with van der Waals surface area (Å²) < 4.78 is 5.12. The van der Waals surface area contributed by atoms with E-state index in [4.69, 9.17) is 10.5 Å². The minimum atomic E-state index is -1.31. The van der Waals surface area contributed by atoms with Crippen LogP contribution in [0.5, 0.6) is 0 Å². The normalized spacial score (nSPS) is 14.3. The van der Waals surface area contributed by atoms with Crippen molar-refractivity contribution < 1.29 is 19.4 Å². The zero-order valence-corrected chi connectivity index (χ0v) is 12.7. The summed E-state index contributed by atoms with van der Waals surface area (Å²) in [7, 11) is 1.43. The second kappa shape index (κ2) is 8.76. The lowest BCUT2D eigenvalue weighted by Crippen LogP contribution is -2.51. The number of hydrogen-bond donors (Lipinski definition) is 4. The molecule has 2 amide bonds. The van der Waals surface area contributed by atoms with Gasteiger partial charge in [-0.3, -0.25) is 4.79 Å². The predicted octanol–water partition coefficient (Wildman–Crippen LogP) is 0.116. The van der Waals surface area contributed by atoms with Gasteiger partial charge in [-0.25, -0.2) is 4.79 Å². The van der Waals surface area contributed by atoms with Crippen molar-refractivity contribution in [3.8, 4) is 0 Å². The second-order valence-corrected chi connectivity index (χ2v) is 5.60. The van der Waals surface area contributed by atoms with Crippen LogP contribution >= 0.6 is 0 Å². The Kier molecular flexibility index (Phi) is 8.17. The van der Waals surface area contributed by atoms with Crippen molar-refractivity contribution in [1.82, 2.24) is 10.6 Å². The van der Waals surface area contributed by atoms with Crippen molar-refractivity contribution in [2.75, 3.05) is 13.6 Å². The molecule has 2 atom stereocenters. The summed E-state index contributed by atoms with van der Waals surface area (Å²) in [6.07, 6.45) is -0.0632. The number of rotatable bonds is 7. The molecule has 0 aromatic carbocycles. The zero-order chi connectivity index (χ0) is 15.8. The Hall–Kier alpha value is -1.34. The third-order valence-electron chi connectivity index (χ3n) is 2.57. The standard InChI is InChI=1S/C13H27N3O4/c1-13(2,3)20-12(19)16-9(7-5-6-8-14)10(17)11(18)15-4/h9-10,17H,5-8,14H2,1-4H3,(H,15,18)(H,16,19)/t9-,10?/m0/s1. The SMILES string of the molecule is CNC(=O)C(O)[C@H](CCCCN)NC(=O)OC(C)(C)C. The monoisotopic (exact) mass is 289 g/mol. The number of aliphatic hydroxyl groups is 1. The number of hydrogen-bond acceptors (Lipinski definition) is 5. The van der Waals surface area contributed by atoms with Crippen molar-refractivity contribution in [1.29, 1.82) is 0 Å². The summed E-state index contributed by atoms with van der Waals surface area (Å²) in [6, 6.07) is -0.698. The lowest BCUT2D eigenvalue weighted by molar-refractivity contribution is -0.130. The van der Waals surface area contributed by atoms with Crippen LogP contribution in [0.3, 0.4) is 0 Å². The smallest absolute Gasteiger partial charge is 0.407 e. The first-order valence-electron chi connectivity index (χ1n) is 6.80. The Balaban J connectivity index is 4.59. The van der Waals surface area contributed by atoms with Gasteiger partial charge in [0.25, 0.3) is 5.91 Å². The molecule has 0 saturated carbocycles. The Morgan fingerprint density at radius 2 is 1.90 bits per heavy atom. The Morgan fingerprint density at radius 1 is 1.30 bits per heavy atom.